The Labute approximate surface area is 140 Å². The number of para-hydroxylation sites is 1. The molecule has 0 bridgehead atoms. The summed E-state index contributed by atoms with van der Waals surface area (Å²) in [6.45, 7) is 2.50. The Kier molecular flexibility index (Phi) is 4.32. The number of hydrogen-bond acceptors (Lipinski definition) is 2. The minimum Gasteiger partial charge on any atom is -0.487 e. The van der Waals surface area contributed by atoms with Crippen LogP contribution in [0.25, 0.3) is 6.08 Å². The van der Waals surface area contributed by atoms with Crippen molar-refractivity contribution in [2.24, 2.45) is 0 Å². The molecule has 1 heterocycles. The van der Waals surface area contributed by atoms with Crippen LogP contribution < -0.4 is 9.64 Å². The third-order valence-corrected chi connectivity index (χ3v) is 4.69. The molecule has 2 aromatic carbocycles. The highest BCUT2D eigenvalue weighted by molar-refractivity contribution is 6.35. The Hall–Kier alpha value is -1.64. The minimum atomic E-state index is 0.334. The zero-order valence-electron chi connectivity index (χ0n) is 12.5. The molecule has 0 radical (unpaired) electrons. The average Bonchev–Trinajstić information content (AvgIpc) is 2.50. The molecule has 2 nitrogen and oxygen atoms in total. The predicted molar refractivity (Wildman–Crippen MR) is 94.1 cm³/mol. The zero-order chi connectivity index (χ0) is 15.7. The van der Waals surface area contributed by atoms with Crippen molar-refractivity contribution in [1.29, 1.82) is 0 Å². The summed E-state index contributed by atoms with van der Waals surface area (Å²) in [5.74, 6) is 0.840. The second kappa shape index (κ2) is 6.23. The molecule has 2 aromatic rings. The molecule has 1 unspecified atom stereocenters. The van der Waals surface area contributed by atoms with Crippen LogP contribution in [-0.2, 0) is 6.61 Å². The van der Waals surface area contributed by atoms with E-state index in [9.17, 15) is 0 Å². The van der Waals surface area contributed by atoms with Crippen molar-refractivity contribution in [3.05, 3.63) is 63.6 Å². The smallest absolute Gasteiger partial charge is 0.143 e. The molecular weight excluding hydrogens is 317 g/mol. The van der Waals surface area contributed by atoms with Crippen molar-refractivity contribution in [3.63, 3.8) is 0 Å². The molecule has 1 aliphatic heterocycles. The molecule has 1 atom stereocenters. The van der Waals surface area contributed by atoms with Gasteiger partial charge in [0, 0.05) is 34.3 Å². The number of fused-ring (bicyclic) bond motifs is 1. The van der Waals surface area contributed by atoms with Crippen molar-refractivity contribution in [2.75, 3.05) is 11.9 Å². The molecule has 0 fully saturated rings. The van der Waals surface area contributed by atoms with Crippen LogP contribution in [0.5, 0.6) is 5.75 Å². The lowest BCUT2D eigenvalue weighted by molar-refractivity contribution is 0.306. The summed E-state index contributed by atoms with van der Waals surface area (Å²) in [5, 5.41) is 1.25. The lowest BCUT2D eigenvalue weighted by Crippen LogP contribution is -2.30. The van der Waals surface area contributed by atoms with Crippen LogP contribution in [-0.4, -0.2) is 13.1 Å². The molecule has 0 aromatic heterocycles. The molecule has 0 saturated heterocycles. The van der Waals surface area contributed by atoms with Crippen LogP contribution in [0.2, 0.25) is 10.0 Å². The summed E-state index contributed by atoms with van der Waals surface area (Å²) in [7, 11) is 2.07. The van der Waals surface area contributed by atoms with Gasteiger partial charge in [-0.15, -0.1) is 0 Å². The second-order valence-electron chi connectivity index (χ2n) is 5.39. The van der Waals surface area contributed by atoms with Gasteiger partial charge in [-0.25, -0.2) is 0 Å². The number of nitrogens with zero attached hydrogens (tertiary/aromatic N) is 1. The van der Waals surface area contributed by atoms with Gasteiger partial charge in [-0.05, 0) is 25.1 Å². The number of benzene rings is 2. The predicted octanol–water partition coefficient (Wildman–Crippen LogP) is 5.42. The van der Waals surface area contributed by atoms with Crippen LogP contribution in [0, 0.1) is 0 Å². The molecule has 1 aliphatic rings. The molecule has 0 aliphatic carbocycles. The van der Waals surface area contributed by atoms with Gasteiger partial charge >= 0.3 is 0 Å². The van der Waals surface area contributed by atoms with E-state index in [0.717, 1.165) is 22.6 Å². The lowest BCUT2D eigenvalue weighted by Gasteiger charge is -2.31. The zero-order valence-corrected chi connectivity index (χ0v) is 14.0. The van der Waals surface area contributed by atoms with E-state index in [0.29, 0.717) is 22.7 Å². The fraction of sp³-hybridized carbons (Fsp3) is 0.222. The second-order valence-corrected chi connectivity index (χ2v) is 6.21. The standard InChI is InChI=1S/C18H17Cl2NO/c1-12-9-10-13-5-3-8-17(18(13)21(12)2)22-11-14-15(19)6-4-7-16(14)20/h3-10,12H,11H2,1-2H3. The van der Waals surface area contributed by atoms with E-state index in [2.05, 4.69) is 37.1 Å². The van der Waals surface area contributed by atoms with Crippen molar-refractivity contribution < 1.29 is 4.74 Å². The Balaban J connectivity index is 1.90. The fourth-order valence-electron chi connectivity index (χ4n) is 2.56. The number of rotatable bonds is 3. The van der Waals surface area contributed by atoms with Crippen molar-refractivity contribution >= 4 is 35.0 Å². The van der Waals surface area contributed by atoms with E-state index in [1.807, 2.05) is 30.3 Å². The molecule has 114 valence electrons. The Bertz CT molecular complexity index is 707. The topological polar surface area (TPSA) is 12.5 Å². The van der Waals surface area contributed by atoms with Crippen LogP contribution in [0.1, 0.15) is 18.1 Å². The van der Waals surface area contributed by atoms with Crippen molar-refractivity contribution in [3.8, 4) is 5.75 Å². The average molecular weight is 334 g/mol. The van der Waals surface area contributed by atoms with E-state index >= 15 is 0 Å². The maximum atomic E-state index is 6.20. The quantitative estimate of drug-likeness (QED) is 0.743. The van der Waals surface area contributed by atoms with Crippen LogP contribution in [0.4, 0.5) is 5.69 Å². The van der Waals surface area contributed by atoms with Crippen LogP contribution in [0.15, 0.2) is 42.5 Å². The summed E-state index contributed by atoms with van der Waals surface area (Å²) in [5.41, 5.74) is 3.06. The first-order valence-electron chi connectivity index (χ1n) is 7.17. The summed E-state index contributed by atoms with van der Waals surface area (Å²) in [6, 6.07) is 11.9. The van der Waals surface area contributed by atoms with Gasteiger partial charge in [-0.1, -0.05) is 53.6 Å². The third kappa shape index (κ3) is 2.81. The first-order valence-corrected chi connectivity index (χ1v) is 7.93. The largest absolute Gasteiger partial charge is 0.487 e. The normalized spacial score (nSPS) is 16.5. The number of hydrogen-bond donors (Lipinski definition) is 0. The Morgan fingerprint density at radius 1 is 1.09 bits per heavy atom. The van der Waals surface area contributed by atoms with Crippen molar-refractivity contribution in [1.82, 2.24) is 0 Å². The van der Waals surface area contributed by atoms with Gasteiger partial charge in [-0.2, -0.15) is 0 Å². The van der Waals surface area contributed by atoms with Gasteiger partial charge in [0.2, 0.25) is 0 Å². The highest BCUT2D eigenvalue weighted by Gasteiger charge is 2.20. The number of anilines is 1. The van der Waals surface area contributed by atoms with Crippen LogP contribution in [0.3, 0.4) is 0 Å². The van der Waals surface area contributed by atoms with E-state index in [1.54, 1.807) is 0 Å². The van der Waals surface area contributed by atoms with E-state index in [4.69, 9.17) is 27.9 Å². The molecule has 3 rings (SSSR count). The van der Waals surface area contributed by atoms with E-state index in [-0.39, 0.29) is 0 Å². The summed E-state index contributed by atoms with van der Waals surface area (Å²) >= 11 is 12.4. The molecule has 0 spiro atoms. The molecule has 0 saturated carbocycles. The molecule has 4 heteroatoms. The maximum Gasteiger partial charge on any atom is 0.143 e. The Morgan fingerprint density at radius 3 is 2.50 bits per heavy atom. The molecular formula is C18H17Cl2NO. The third-order valence-electron chi connectivity index (χ3n) is 3.98. The van der Waals surface area contributed by atoms with Gasteiger partial charge in [0.1, 0.15) is 12.4 Å². The number of ether oxygens (including phenoxy) is 1. The summed E-state index contributed by atoms with van der Waals surface area (Å²) < 4.78 is 6.03. The van der Waals surface area contributed by atoms with Gasteiger partial charge < -0.3 is 9.64 Å². The van der Waals surface area contributed by atoms with Gasteiger partial charge in [0.05, 0.1) is 5.69 Å². The molecule has 0 amide bonds. The lowest BCUT2D eigenvalue weighted by atomic mass is 10.0. The van der Waals surface area contributed by atoms with Gasteiger partial charge in [0.25, 0.3) is 0 Å². The van der Waals surface area contributed by atoms with Gasteiger partial charge in [0.15, 0.2) is 0 Å². The van der Waals surface area contributed by atoms with E-state index < -0.39 is 0 Å². The van der Waals surface area contributed by atoms with Crippen molar-refractivity contribution in [2.45, 2.75) is 19.6 Å². The summed E-state index contributed by atoms with van der Waals surface area (Å²) in [4.78, 5) is 2.21. The maximum absolute atomic E-state index is 6.20. The van der Waals surface area contributed by atoms with Crippen LogP contribution >= 0.6 is 23.2 Å². The first kappa shape index (κ1) is 15.3. The highest BCUT2D eigenvalue weighted by atomic mass is 35.5. The SMILES string of the molecule is CC1C=Cc2cccc(OCc3c(Cl)cccc3Cl)c2N1C. The first-order chi connectivity index (χ1) is 10.6. The number of likely N-dealkylation sites (N-methyl/N-ethyl adjacent to an activating group) is 1. The fourth-order valence-corrected chi connectivity index (χ4v) is 3.07. The monoisotopic (exact) mass is 333 g/mol. The number of halogens is 2. The van der Waals surface area contributed by atoms with E-state index in [1.165, 1.54) is 0 Å². The highest BCUT2D eigenvalue weighted by Crippen LogP contribution is 2.37. The Morgan fingerprint density at radius 2 is 1.77 bits per heavy atom. The summed E-state index contributed by atoms with van der Waals surface area (Å²) in [6.07, 6.45) is 4.31. The minimum absolute atomic E-state index is 0.334. The molecule has 22 heavy (non-hydrogen) atoms. The van der Waals surface area contributed by atoms with Gasteiger partial charge in [-0.3, -0.25) is 0 Å². The molecule has 0 N–H and O–H groups in total.